The number of hydrogen-bond acceptors (Lipinski definition) is 3. The molecular formula is C19H17FN2O3. The van der Waals surface area contributed by atoms with Gasteiger partial charge in [0.2, 0.25) is 0 Å². The number of methoxy groups -OCH3 is 1. The molecule has 2 heterocycles. The number of para-hydroxylation sites is 1. The van der Waals surface area contributed by atoms with Crippen molar-refractivity contribution in [2.75, 3.05) is 7.11 Å². The fourth-order valence-electron chi connectivity index (χ4n) is 3.52. The van der Waals surface area contributed by atoms with Crippen LogP contribution in [0.4, 0.5) is 4.39 Å². The highest BCUT2D eigenvalue weighted by molar-refractivity contribution is 5.87. The maximum absolute atomic E-state index is 14.2. The van der Waals surface area contributed by atoms with Crippen LogP contribution in [0, 0.1) is 5.82 Å². The second kappa shape index (κ2) is 5.89. The van der Waals surface area contributed by atoms with Crippen LogP contribution < -0.4 is 10.1 Å². The minimum absolute atomic E-state index is 0.159. The van der Waals surface area contributed by atoms with E-state index in [2.05, 4.69) is 10.3 Å². The van der Waals surface area contributed by atoms with Crippen LogP contribution in [-0.4, -0.2) is 29.2 Å². The summed E-state index contributed by atoms with van der Waals surface area (Å²) in [7, 11) is 1.41. The van der Waals surface area contributed by atoms with Gasteiger partial charge in [-0.25, -0.2) is 4.39 Å². The molecule has 0 bridgehead atoms. The molecule has 6 heteroatoms. The molecule has 3 aromatic rings. The molecule has 128 valence electrons. The fourth-order valence-corrected chi connectivity index (χ4v) is 3.52. The second-order valence-corrected chi connectivity index (χ2v) is 6.15. The average molecular weight is 340 g/mol. The van der Waals surface area contributed by atoms with E-state index in [0.717, 1.165) is 22.2 Å². The summed E-state index contributed by atoms with van der Waals surface area (Å²) in [6.45, 7) is 0. The number of aromatic amines is 1. The van der Waals surface area contributed by atoms with Crippen LogP contribution in [0.25, 0.3) is 10.9 Å². The molecule has 0 radical (unpaired) electrons. The van der Waals surface area contributed by atoms with Crippen LogP contribution in [0.5, 0.6) is 5.75 Å². The standard InChI is InChI=1S/C19H17FN2O3/c1-25-16-7-6-10(8-13(16)20)17-18-12(9-15(22-17)19(23)24)11-4-2-3-5-14(11)21-18/h2-8,15,17,21-22H,9H2,1H3,(H,23,24). The predicted molar refractivity (Wildman–Crippen MR) is 91.4 cm³/mol. The summed E-state index contributed by atoms with van der Waals surface area (Å²) in [5, 5.41) is 13.6. The molecule has 1 aliphatic heterocycles. The average Bonchev–Trinajstić information content (AvgIpc) is 2.99. The Labute approximate surface area is 143 Å². The number of ether oxygens (including phenoxy) is 1. The Morgan fingerprint density at radius 1 is 1.28 bits per heavy atom. The lowest BCUT2D eigenvalue weighted by atomic mass is 9.90. The van der Waals surface area contributed by atoms with Crippen LogP contribution in [0.15, 0.2) is 42.5 Å². The SMILES string of the molecule is COc1ccc(C2NC(C(=O)O)Cc3c2[nH]c2ccccc32)cc1F. The number of hydrogen-bond donors (Lipinski definition) is 3. The number of aromatic nitrogens is 1. The van der Waals surface area contributed by atoms with E-state index < -0.39 is 23.9 Å². The van der Waals surface area contributed by atoms with E-state index in [0.29, 0.717) is 12.0 Å². The van der Waals surface area contributed by atoms with E-state index in [-0.39, 0.29) is 5.75 Å². The van der Waals surface area contributed by atoms with Crippen molar-refractivity contribution in [3.05, 3.63) is 65.1 Å². The van der Waals surface area contributed by atoms with Gasteiger partial charge in [0.25, 0.3) is 0 Å². The minimum atomic E-state index is -0.921. The van der Waals surface area contributed by atoms with Gasteiger partial charge in [-0.1, -0.05) is 24.3 Å². The van der Waals surface area contributed by atoms with Gasteiger partial charge in [0.15, 0.2) is 11.6 Å². The first kappa shape index (κ1) is 15.7. The number of carboxylic acids is 1. The van der Waals surface area contributed by atoms with Crippen LogP contribution in [0.3, 0.4) is 0 Å². The molecule has 1 aromatic heterocycles. The molecule has 0 saturated carbocycles. The topological polar surface area (TPSA) is 74.3 Å². The number of nitrogens with one attached hydrogen (secondary N) is 2. The van der Waals surface area contributed by atoms with Crippen LogP contribution in [-0.2, 0) is 11.2 Å². The molecule has 0 saturated heterocycles. The predicted octanol–water partition coefficient (Wildman–Crippen LogP) is 3.00. The Morgan fingerprint density at radius 3 is 2.80 bits per heavy atom. The van der Waals surface area contributed by atoms with Crippen molar-refractivity contribution in [1.82, 2.24) is 10.3 Å². The van der Waals surface area contributed by atoms with Crippen molar-refractivity contribution in [1.29, 1.82) is 0 Å². The van der Waals surface area contributed by atoms with Gasteiger partial charge >= 0.3 is 5.97 Å². The molecule has 5 nitrogen and oxygen atoms in total. The number of carbonyl (C=O) groups is 1. The molecule has 2 atom stereocenters. The highest BCUT2D eigenvalue weighted by Gasteiger charge is 2.34. The van der Waals surface area contributed by atoms with E-state index >= 15 is 0 Å². The molecule has 0 amide bonds. The third-order valence-corrected chi connectivity index (χ3v) is 4.72. The van der Waals surface area contributed by atoms with E-state index in [9.17, 15) is 14.3 Å². The first-order valence-corrected chi connectivity index (χ1v) is 8.00. The summed E-state index contributed by atoms with van der Waals surface area (Å²) < 4.78 is 19.1. The van der Waals surface area contributed by atoms with E-state index in [1.54, 1.807) is 12.1 Å². The Balaban J connectivity index is 1.87. The Hall–Kier alpha value is -2.86. The molecular weight excluding hydrogens is 323 g/mol. The summed E-state index contributed by atoms with van der Waals surface area (Å²) in [5.41, 5.74) is 3.43. The number of carboxylic acid groups (broad SMARTS) is 1. The molecule has 0 fully saturated rings. The molecule has 25 heavy (non-hydrogen) atoms. The number of fused-ring (bicyclic) bond motifs is 3. The highest BCUT2D eigenvalue weighted by atomic mass is 19.1. The minimum Gasteiger partial charge on any atom is -0.494 e. The molecule has 2 aromatic carbocycles. The lowest BCUT2D eigenvalue weighted by Gasteiger charge is -2.29. The van der Waals surface area contributed by atoms with Crippen molar-refractivity contribution < 1.29 is 19.0 Å². The van der Waals surface area contributed by atoms with Crippen molar-refractivity contribution in [3.8, 4) is 5.75 Å². The van der Waals surface area contributed by atoms with Gasteiger partial charge in [0.05, 0.1) is 13.2 Å². The zero-order valence-electron chi connectivity index (χ0n) is 13.5. The maximum Gasteiger partial charge on any atom is 0.321 e. The smallest absolute Gasteiger partial charge is 0.321 e. The summed E-state index contributed by atoms with van der Waals surface area (Å²) in [6.07, 6.45) is 0.379. The van der Waals surface area contributed by atoms with E-state index in [4.69, 9.17) is 4.74 Å². The number of benzene rings is 2. The largest absolute Gasteiger partial charge is 0.494 e. The van der Waals surface area contributed by atoms with Crippen molar-refractivity contribution in [2.45, 2.75) is 18.5 Å². The first-order valence-electron chi connectivity index (χ1n) is 8.00. The van der Waals surface area contributed by atoms with Crippen LogP contribution >= 0.6 is 0 Å². The van der Waals surface area contributed by atoms with Crippen molar-refractivity contribution >= 4 is 16.9 Å². The quantitative estimate of drug-likeness (QED) is 0.685. The lowest BCUT2D eigenvalue weighted by Crippen LogP contribution is -2.45. The monoisotopic (exact) mass is 340 g/mol. The Kier molecular flexibility index (Phi) is 3.69. The molecule has 0 aliphatic carbocycles. The van der Waals surface area contributed by atoms with Gasteiger partial charge in [0, 0.05) is 23.0 Å². The normalized spacial score (nSPS) is 19.6. The highest BCUT2D eigenvalue weighted by Crippen LogP contribution is 2.36. The number of aliphatic carboxylic acids is 1. The molecule has 1 aliphatic rings. The maximum atomic E-state index is 14.2. The fraction of sp³-hybridized carbons (Fsp3) is 0.211. The molecule has 0 spiro atoms. The zero-order chi connectivity index (χ0) is 17.6. The zero-order valence-corrected chi connectivity index (χ0v) is 13.5. The van der Waals surface area contributed by atoms with Gasteiger partial charge in [-0.2, -0.15) is 0 Å². The third-order valence-electron chi connectivity index (χ3n) is 4.72. The van der Waals surface area contributed by atoms with Crippen molar-refractivity contribution in [2.24, 2.45) is 0 Å². The number of halogens is 1. The summed E-state index contributed by atoms with van der Waals surface area (Å²) >= 11 is 0. The first-order chi connectivity index (χ1) is 12.1. The van der Waals surface area contributed by atoms with Gasteiger partial charge in [-0.15, -0.1) is 0 Å². The van der Waals surface area contributed by atoms with Gasteiger partial charge in [-0.05, 0) is 29.3 Å². The van der Waals surface area contributed by atoms with E-state index in [1.807, 2.05) is 24.3 Å². The number of H-pyrrole nitrogens is 1. The third kappa shape index (κ3) is 2.55. The van der Waals surface area contributed by atoms with Crippen LogP contribution in [0.1, 0.15) is 22.9 Å². The van der Waals surface area contributed by atoms with Gasteiger partial charge in [-0.3, -0.25) is 10.1 Å². The molecule has 2 unspecified atom stereocenters. The summed E-state index contributed by atoms with van der Waals surface area (Å²) in [4.78, 5) is 15.0. The van der Waals surface area contributed by atoms with Gasteiger partial charge < -0.3 is 14.8 Å². The Bertz CT molecular complexity index is 966. The van der Waals surface area contributed by atoms with E-state index in [1.165, 1.54) is 13.2 Å². The lowest BCUT2D eigenvalue weighted by molar-refractivity contribution is -0.139. The Morgan fingerprint density at radius 2 is 2.08 bits per heavy atom. The summed E-state index contributed by atoms with van der Waals surface area (Å²) in [5.74, 6) is -1.24. The molecule has 4 rings (SSSR count). The number of rotatable bonds is 3. The molecule has 3 N–H and O–H groups in total. The van der Waals surface area contributed by atoms with Crippen molar-refractivity contribution in [3.63, 3.8) is 0 Å². The van der Waals surface area contributed by atoms with Gasteiger partial charge in [0.1, 0.15) is 6.04 Å². The van der Waals surface area contributed by atoms with Crippen LogP contribution in [0.2, 0.25) is 0 Å². The second-order valence-electron chi connectivity index (χ2n) is 6.15. The summed E-state index contributed by atoms with van der Waals surface area (Å²) in [6, 6.07) is 11.3.